The number of hydrogen-bond acceptors (Lipinski definition) is 4. The van der Waals surface area contributed by atoms with Gasteiger partial charge in [0.1, 0.15) is 18.4 Å². The maximum atomic E-state index is 13.6. The number of amides is 2. The van der Waals surface area contributed by atoms with E-state index >= 15 is 0 Å². The second-order valence-electron chi connectivity index (χ2n) is 7.86. The molecule has 0 aliphatic heterocycles. The lowest BCUT2D eigenvalue weighted by Crippen LogP contribution is -2.52. The highest BCUT2D eigenvalue weighted by Gasteiger charge is 2.30. The van der Waals surface area contributed by atoms with Gasteiger partial charge < -0.3 is 10.2 Å². The summed E-state index contributed by atoms with van der Waals surface area (Å²) >= 11 is 9.17. The molecule has 11 heteroatoms. The van der Waals surface area contributed by atoms with Crippen LogP contribution in [0, 0.1) is 5.82 Å². The van der Waals surface area contributed by atoms with Gasteiger partial charge in [-0.25, -0.2) is 12.8 Å². The smallest absolute Gasteiger partial charge is 0.244 e. The molecule has 33 heavy (non-hydrogen) atoms. The maximum absolute atomic E-state index is 13.6. The summed E-state index contributed by atoms with van der Waals surface area (Å²) in [5, 5.41) is 2.50. The van der Waals surface area contributed by atoms with E-state index in [0.29, 0.717) is 0 Å². The van der Waals surface area contributed by atoms with E-state index in [-0.39, 0.29) is 29.2 Å². The van der Waals surface area contributed by atoms with E-state index in [1.54, 1.807) is 45.0 Å². The Kier molecular flexibility index (Phi) is 9.28. The Balaban J connectivity index is 2.40. The van der Waals surface area contributed by atoms with Gasteiger partial charge in [0.05, 0.1) is 17.0 Å². The Labute approximate surface area is 207 Å². The van der Waals surface area contributed by atoms with Gasteiger partial charge in [0, 0.05) is 17.1 Å². The average Bonchev–Trinajstić information content (AvgIpc) is 2.71. The summed E-state index contributed by atoms with van der Waals surface area (Å²) in [7, 11) is -3.92. The summed E-state index contributed by atoms with van der Waals surface area (Å²) in [5.41, 5.74) is 0.798. The van der Waals surface area contributed by atoms with Crippen molar-refractivity contribution in [3.63, 3.8) is 0 Å². The first kappa shape index (κ1) is 27.1. The number of nitrogens with zero attached hydrogens (tertiary/aromatic N) is 2. The fraction of sp³-hybridized carbons (Fsp3) is 0.364. The van der Waals surface area contributed by atoms with Crippen LogP contribution in [0.2, 0.25) is 5.02 Å². The number of hydrogen-bond donors (Lipinski definition) is 1. The van der Waals surface area contributed by atoms with E-state index in [1.165, 1.54) is 11.0 Å². The molecule has 0 heterocycles. The topological polar surface area (TPSA) is 86.8 Å². The lowest BCUT2D eigenvalue weighted by atomic mass is 10.1. The standard InChI is InChI=1S/C22H26BrClFN3O4S/c1-14(2)26-22(30)15(3)27(12-16-5-7-17(23)8-6-16)21(29)13-28(33(4,31)32)18-9-10-20(25)19(24)11-18/h5-11,14-15H,12-13H2,1-4H3,(H,26,30). The Morgan fingerprint density at radius 1 is 1.12 bits per heavy atom. The zero-order valence-corrected chi connectivity index (χ0v) is 21.8. The Hall–Kier alpha value is -2.17. The fourth-order valence-corrected chi connectivity index (χ4v) is 4.31. The van der Waals surface area contributed by atoms with Crippen LogP contribution in [-0.4, -0.2) is 50.0 Å². The van der Waals surface area contributed by atoms with Crippen molar-refractivity contribution in [2.75, 3.05) is 17.1 Å². The Morgan fingerprint density at radius 3 is 2.24 bits per heavy atom. The van der Waals surface area contributed by atoms with Crippen molar-refractivity contribution in [2.45, 2.75) is 39.4 Å². The van der Waals surface area contributed by atoms with Crippen LogP contribution in [0.1, 0.15) is 26.3 Å². The van der Waals surface area contributed by atoms with Gasteiger partial charge in [-0.05, 0) is 56.7 Å². The zero-order chi connectivity index (χ0) is 24.9. The minimum Gasteiger partial charge on any atom is -0.352 e. The van der Waals surface area contributed by atoms with Crippen LogP contribution < -0.4 is 9.62 Å². The summed E-state index contributed by atoms with van der Waals surface area (Å²) in [6.45, 7) is 4.68. The molecule has 0 spiro atoms. The van der Waals surface area contributed by atoms with E-state index in [0.717, 1.165) is 32.7 Å². The lowest BCUT2D eigenvalue weighted by Gasteiger charge is -2.32. The molecule has 2 aromatic rings. The predicted molar refractivity (Wildman–Crippen MR) is 131 cm³/mol. The van der Waals surface area contributed by atoms with Crippen LogP contribution in [0.15, 0.2) is 46.9 Å². The van der Waals surface area contributed by atoms with Crippen molar-refractivity contribution >= 4 is 55.1 Å². The van der Waals surface area contributed by atoms with Crippen molar-refractivity contribution in [1.29, 1.82) is 0 Å². The molecule has 2 rings (SSSR count). The van der Waals surface area contributed by atoms with Crippen LogP contribution in [-0.2, 0) is 26.2 Å². The third-order valence-corrected chi connectivity index (χ3v) is 6.69. The number of carbonyl (C=O) groups excluding carboxylic acids is 2. The quantitative estimate of drug-likeness (QED) is 0.501. The second-order valence-corrected chi connectivity index (χ2v) is 11.1. The van der Waals surface area contributed by atoms with Crippen molar-refractivity contribution in [1.82, 2.24) is 10.2 Å². The largest absolute Gasteiger partial charge is 0.352 e. The van der Waals surface area contributed by atoms with Crippen LogP contribution in [0.4, 0.5) is 10.1 Å². The summed E-state index contributed by atoms with van der Waals surface area (Å²) in [6, 6.07) is 9.58. The molecule has 1 unspecified atom stereocenters. The number of benzene rings is 2. The molecule has 7 nitrogen and oxygen atoms in total. The normalized spacial score (nSPS) is 12.4. The van der Waals surface area contributed by atoms with E-state index in [1.807, 2.05) is 0 Å². The monoisotopic (exact) mass is 561 g/mol. The number of sulfonamides is 1. The first-order chi connectivity index (χ1) is 15.3. The van der Waals surface area contributed by atoms with Gasteiger partial charge in [-0.2, -0.15) is 0 Å². The molecule has 1 N–H and O–H groups in total. The molecule has 0 aliphatic rings. The second kappa shape index (κ2) is 11.3. The molecule has 0 saturated heterocycles. The highest BCUT2D eigenvalue weighted by molar-refractivity contribution is 9.10. The molecule has 2 aromatic carbocycles. The van der Waals surface area contributed by atoms with E-state index in [2.05, 4.69) is 21.2 Å². The van der Waals surface area contributed by atoms with Crippen LogP contribution in [0.5, 0.6) is 0 Å². The van der Waals surface area contributed by atoms with Crippen molar-refractivity contribution < 1.29 is 22.4 Å². The highest BCUT2D eigenvalue weighted by atomic mass is 79.9. The van der Waals surface area contributed by atoms with Crippen molar-refractivity contribution in [3.05, 3.63) is 63.3 Å². The van der Waals surface area contributed by atoms with Gasteiger partial charge in [0.15, 0.2) is 0 Å². The summed E-state index contributed by atoms with van der Waals surface area (Å²) < 4.78 is 40.2. The average molecular weight is 563 g/mol. The number of carbonyl (C=O) groups is 2. The van der Waals surface area contributed by atoms with Crippen LogP contribution >= 0.6 is 27.5 Å². The fourth-order valence-electron chi connectivity index (χ4n) is 3.03. The van der Waals surface area contributed by atoms with Crippen LogP contribution in [0.25, 0.3) is 0 Å². The Morgan fingerprint density at radius 2 is 1.73 bits per heavy atom. The SMILES string of the molecule is CC(C)NC(=O)C(C)N(Cc1ccc(Br)cc1)C(=O)CN(c1ccc(F)c(Cl)c1)S(C)(=O)=O. The molecular formula is C22H26BrClFN3O4S. The molecule has 0 radical (unpaired) electrons. The van der Waals surface area contributed by atoms with E-state index in [4.69, 9.17) is 11.6 Å². The number of halogens is 3. The van der Waals surface area contributed by atoms with Gasteiger partial charge in [0.2, 0.25) is 21.8 Å². The van der Waals surface area contributed by atoms with Gasteiger partial charge in [-0.15, -0.1) is 0 Å². The first-order valence-corrected chi connectivity index (χ1v) is 13.1. The van der Waals surface area contributed by atoms with Crippen molar-refractivity contribution in [3.8, 4) is 0 Å². The molecule has 2 amide bonds. The van der Waals surface area contributed by atoms with E-state index < -0.39 is 34.3 Å². The molecule has 0 bridgehead atoms. The summed E-state index contributed by atoms with van der Waals surface area (Å²) in [5.74, 6) is -1.68. The zero-order valence-electron chi connectivity index (χ0n) is 18.7. The van der Waals surface area contributed by atoms with Gasteiger partial charge in [-0.3, -0.25) is 13.9 Å². The molecule has 0 fully saturated rings. The minimum absolute atomic E-state index is 0.0418. The molecule has 0 aliphatic carbocycles. The number of nitrogens with one attached hydrogen (secondary N) is 1. The van der Waals surface area contributed by atoms with Gasteiger partial charge >= 0.3 is 0 Å². The van der Waals surface area contributed by atoms with Crippen molar-refractivity contribution in [2.24, 2.45) is 0 Å². The van der Waals surface area contributed by atoms with Crippen LogP contribution in [0.3, 0.4) is 0 Å². The maximum Gasteiger partial charge on any atom is 0.244 e. The number of rotatable bonds is 9. The molecule has 0 saturated carbocycles. The first-order valence-electron chi connectivity index (χ1n) is 10.1. The molecule has 1 atom stereocenters. The molecule has 0 aromatic heterocycles. The third-order valence-electron chi connectivity index (χ3n) is 4.73. The minimum atomic E-state index is -3.92. The highest BCUT2D eigenvalue weighted by Crippen LogP contribution is 2.25. The van der Waals surface area contributed by atoms with E-state index in [9.17, 15) is 22.4 Å². The molecular weight excluding hydrogens is 537 g/mol. The summed E-state index contributed by atoms with van der Waals surface area (Å²) in [4.78, 5) is 27.3. The van der Waals surface area contributed by atoms with Gasteiger partial charge in [-0.1, -0.05) is 39.7 Å². The third kappa shape index (κ3) is 7.68. The lowest BCUT2D eigenvalue weighted by molar-refractivity contribution is -0.139. The molecule has 180 valence electrons. The van der Waals surface area contributed by atoms with Gasteiger partial charge in [0.25, 0.3) is 0 Å². The predicted octanol–water partition coefficient (Wildman–Crippen LogP) is 3.95. The summed E-state index contributed by atoms with van der Waals surface area (Å²) in [6.07, 6.45) is 0.936. The number of anilines is 1. The Bertz CT molecular complexity index is 1110.